The molecule has 0 spiro atoms. The molecule has 0 bridgehead atoms. The Morgan fingerprint density at radius 1 is 1.35 bits per heavy atom. The zero-order chi connectivity index (χ0) is 14.7. The van der Waals surface area contributed by atoms with Crippen molar-refractivity contribution in [2.45, 2.75) is 38.6 Å². The Morgan fingerprint density at radius 3 is 2.60 bits per heavy atom. The van der Waals surface area contributed by atoms with Crippen molar-refractivity contribution >= 4 is 27.5 Å². The molecule has 0 heterocycles. The number of nitrogens with zero attached hydrogens (tertiary/aromatic N) is 1. The molecule has 0 aromatic heterocycles. The van der Waals surface area contributed by atoms with E-state index >= 15 is 0 Å². The molecule has 0 aliphatic heterocycles. The Hall–Kier alpha value is -1.43. The van der Waals surface area contributed by atoms with Crippen LogP contribution in [0.5, 0.6) is 0 Å². The monoisotopic (exact) mass is 340 g/mol. The highest BCUT2D eigenvalue weighted by Gasteiger charge is 2.23. The third-order valence-electron chi connectivity index (χ3n) is 3.77. The van der Waals surface area contributed by atoms with Crippen LogP contribution in [0.2, 0.25) is 0 Å². The number of rotatable bonds is 3. The highest BCUT2D eigenvalue weighted by molar-refractivity contribution is 9.10. The zero-order valence-corrected chi connectivity index (χ0v) is 12.9. The average molecular weight is 341 g/mol. The zero-order valence-electron chi connectivity index (χ0n) is 11.3. The first kappa shape index (κ1) is 15.0. The summed E-state index contributed by atoms with van der Waals surface area (Å²) >= 11 is 3.15. The second-order valence-electron chi connectivity index (χ2n) is 5.33. The minimum atomic E-state index is -0.497. The molecule has 1 fully saturated rings. The first-order valence-corrected chi connectivity index (χ1v) is 7.52. The number of nitro groups is 1. The molecule has 0 saturated heterocycles. The molecule has 1 aliphatic carbocycles. The number of nitrogens with one attached hydrogen (secondary N) is 1. The molecule has 1 saturated carbocycles. The van der Waals surface area contributed by atoms with E-state index in [9.17, 15) is 14.9 Å². The molecule has 1 aliphatic rings. The average Bonchev–Trinajstić information content (AvgIpc) is 2.41. The second-order valence-corrected chi connectivity index (χ2v) is 6.12. The first-order chi connectivity index (χ1) is 9.49. The van der Waals surface area contributed by atoms with Gasteiger partial charge >= 0.3 is 0 Å². The molecular weight excluding hydrogens is 324 g/mol. The summed E-state index contributed by atoms with van der Waals surface area (Å²) in [6.45, 7) is 2.22. The van der Waals surface area contributed by atoms with Gasteiger partial charge in [-0.25, -0.2) is 0 Å². The van der Waals surface area contributed by atoms with Crippen LogP contribution in [-0.2, 0) is 0 Å². The molecule has 1 aromatic rings. The largest absolute Gasteiger partial charge is 0.349 e. The SMILES string of the molecule is CC1CCC(NC(=O)c2cccc([N+](=O)[O-])c2Br)CC1. The Balaban J connectivity index is 2.10. The highest BCUT2D eigenvalue weighted by Crippen LogP contribution is 2.29. The number of halogens is 1. The van der Waals surface area contributed by atoms with E-state index < -0.39 is 4.92 Å². The summed E-state index contributed by atoms with van der Waals surface area (Å²) in [5.41, 5.74) is 0.229. The van der Waals surface area contributed by atoms with Crippen LogP contribution in [0.3, 0.4) is 0 Å². The van der Waals surface area contributed by atoms with Crippen LogP contribution in [0.25, 0.3) is 0 Å². The van der Waals surface area contributed by atoms with E-state index in [0.717, 1.165) is 25.7 Å². The molecule has 6 heteroatoms. The Kier molecular flexibility index (Phi) is 4.75. The summed E-state index contributed by atoms with van der Waals surface area (Å²) in [5, 5.41) is 13.8. The lowest BCUT2D eigenvalue weighted by Crippen LogP contribution is -2.37. The molecule has 0 unspecified atom stereocenters. The Morgan fingerprint density at radius 2 is 2.00 bits per heavy atom. The maximum Gasteiger partial charge on any atom is 0.284 e. The summed E-state index contributed by atoms with van der Waals surface area (Å²) in [5.74, 6) is 0.466. The lowest BCUT2D eigenvalue weighted by molar-refractivity contribution is -0.385. The van der Waals surface area contributed by atoms with E-state index in [1.807, 2.05) is 0 Å². The number of hydrogen-bond acceptors (Lipinski definition) is 3. The fourth-order valence-corrected chi connectivity index (χ4v) is 3.09. The molecule has 0 atom stereocenters. The molecule has 108 valence electrons. The fraction of sp³-hybridized carbons (Fsp3) is 0.500. The maximum absolute atomic E-state index is 12.2. The third-order valence-corrected chi connectivity index (χ3v) is 4.60. The van der Waals surface area contributed by atoms with Crippen molar-refractivity contribution in [3.05, 3.63) is 38.3 Å². The second kappa shape index (κ2) is 6.35. The molecule has 20 heavy (non-hydrogen) atoms. The van der Waals surface area contributed by atoms with Gasteiger partial charge < -0.3 is 5.32 Å². The van der Waals surface area contributed by atoms with Crippen LogP contribution < -0.4 is 5.32 Å². The predicted octanol–water partition coefficient (Wildman–Crippen LogP) is 3.67. The summed E-state index contributed by atoms with van der Waals surface area (Å²) in [6, 6.07) is 4.67. The van der Waals surface area contributed by atoms with Crippen LogP contribution in [-0.4, -0.2) is 16.9 Å². The van der Waals surface area contributed by atoms with Crippen molar-refractivity contribution < 1.29 is 9.72 Å². The summed E-state index contributed by atoms with van der Waals surface area (Å²) in [7, 11) is 0. The van der Waals surface area contributed by atoms with E-state index in [0.29, 0.717) is 11.5 Å². The smallest absolute Gasteiger partial charge is 0.284 e. The van der Waals surface area contributed by atoms with Gasteiger partial charge in [0.05, 0.1) is 10.5 Å². The van der Waals surface area contributed by atoms with Gasteiger partial charge in [-0.05, 0) is 53.6 Å². The maximum atomic E-state index is 12.2. The van der Waals surface area contributed by atoms with E-state index in [1.165, 1.54) is 12.1 Å². The first-order valence-electron chi connectivity index (χ1n) is 6.72. The summed E-state index contributed by atoms with van der Waals surface area (Å²) in [6.07, 6.45) is 4.17. The Bertz CT molecular complexity index is 525. The van der Waals surface area contributed by atoms with Crippen molar-refractivity contribution in [1.82, 2.24) is 5.32 Å². The normalized spacial score (nSPS) is 22.3. The van der Waals surface area contributed by atoms with Crippen LogP contribution in [0.4, 0.5) is 5.69 Å². The fourth-order valence-electron chi connectivity index (χ4n) is 2.50. The van der Waals surface area contributed by atoms with Crippen LogP contribution in [0.15, 0.2) is 22.7 Å². The molecular formula is C14H17BrN2O3. The standard InChI is InChI=1S/C14H17BrN2O3/c1-9-5-7-10(8-6-9)16-14(18)11-3-2-4-12(13(11)15)17(19)20/h2-4,9-10H,5-8H2,1H3,(H,16,18). The highest BCUT2D eigenvalue weighted by atomic mass is 79.9. The quantitative estimate of drug-likeness (QED) is 0.673. The van der Waals surface area contributed by atoms with Crippen molar-refractivity contribution in [1.29, 1.82) is 0 Å². The third kappa shape index (κ3) is 3.36. The van der Waals surface area contributed by atoms with Gasteiger partial charge in [-0.15, -0.1) is 0 Å². The van der Waals surface area contributed by atoms with E-state index in [4.69, 9.17) is 0 Å². The van der Waals surface area contributed by atoms with Gasteiger partial charge in [0.1, 0.15) is 4.47 Å². The van der Waals surface area contributed by atoms with E-state index in [1.54, 1.807) is 6.07 Å². The van der Waals surface area contributed by atoms with Crippen LogP contribution in [0.1, 0.15) is 43.0 Å². The minimum Gasteiger partial charge on any atom is -0.349 e. The van der Waals surface area contributed by atoms with Crippen molar-refractivity contribution in [3.63, 3.8) is 0 Å². The predicted molar refractivity (Wildman–Crippen MR) is 79.7 cm³/mol. The summed E-state index contributed by atoms with van der Waals surface area (Å²) < 4.78 is 0.242. The molecule has 1 amide bonds. The van der Waals surface area contributed by atoms with E-state index in [2.05, 4.69) is 28.2 Å². The van der Waals surface area contributed by atoms with Crippen LogP contribution in [0, 0.1) is 16.0 Å². The van der Waals surface area contributed by atoms with Gasteiger partial charge in [-0.2, -0.15) is 0 Å². The lowest BCUT2D eigenvalue weighted by atomic mass is 9.87. The molecule has 5 nitrogen and oxygen atoms in total. The van der Waals surface area contributed by atoms with Crippen molar-refractivity contribution in [3.8, 4) is 0 Å². The molecule has 0 radical (unpaired) electrons. The van der Waals surface area contributed by atoms with Crippen molar-refractivity contribution in [2.75, 3.05) is 0 Å². The molecule has 1 N–H and O–H groups in total. The number of carbonyl (C=O) groups is 1. The number of carbonyl (C=O) groups excluding carboxylic acids is 1. The molecule has 2 rings (SSSR count). The van der Waals surface area contributed by atoms with Gasteiger partial charge in [0.15, 0.2) is 0 Å². The number of benzene rings is 1. The van der Waals surface area contributed by atoms with E-state index in [-0.39, 0.29) is 22.1 Å². The minimum absolute atomic E-state index is 0.0880. The summed E-state index contributed by atoms with van der Waals surface area (Å²) in [4.78, 5) is 22.6. The number of amides is 1. The van der Waals surface area contributed by atoms with Gasteiger partial charge in [0.2, 0.25) is 0 Å². The van der Waals surface area contributed by atoms with Gasteiger partial charge in [-0.1, -0.05) is 13.0 Å². The lowest BCUT2D eigenvalue weighted by Gasteiger charge is -2.27. The van der Waals surface area contributed by atoms with Crippen molar-refractivity contribution in [2.24, 2.45) is 5.92 Å². The Labute approximate surface area is 126 Å². The topological polar surface area (TPSA) is 72.2 Å². The molecule has 1 aromatic carbocycles. The number of hydrogen-bond donors (Lipinski definition) is 1. The van der Waals surface area contributed by atoms with Gasteiger partial charge in [0, 0.05) is 12.1 Å². The van der Waals surface area contributed by atoms with Crippen LogP contribution >= 0.6 is 15.9 Å². The van der Waals surface area contributed by atoms with Gasteiger partial charge in [-0.3, -0.25) is 14.9 Å². The number of nitro benzene ring substituents is 1. The van der Waals surface area contributed by atoms with Gasteiger partial charge in [0.25, 0.3) is 11.6 Å².